The van der Waals surface area contributed by atoms with E-state index in [0.717, 1.165) is 10.9 Å². The van der Waals surface area contributed by atoms with Crippen molar-refractivity contribution >= 4 is 26.9 Å². The molecule has 0 saturated heterocycles. The molecule has 0 bridgehead atoms. The molecule has 2 aromatic carbocycles. The molecule has 0 aliphatic carbocycles. The number of aromatic hydroxyl groups is 1. The summed E-state index contributed by atoms with van der Waals surface area (Å²) in [6.45, 7) is 4.97. The molecule has 0 fully saturated rings. The minimum Gasteiger partial charge on any atom is -0.508 e. The Hall–Kier alpha value is -2.97. The Kier molecular flexibility index (Phi) is 5.82. The van der Waals surface area contributed by atoms with Crippen molar-refractivity contribution in [1.82, 2.24) is 0 Å². The fourth-order valence-electron chi connectivity index (χ4n) is 2.30. The molecule has 0 unspecified atom stereocenters. The Morgan fingerprint density at radius 3 is 2.11 bits per heavy atom. The van der Waals surface area contributed by atoms with Crippen molar-refractivity contribution in [2.75, 3.05) is 0 Å². The zero-order chi connectivity index (χ0) is 20.4. The quantitative estimate of drug-likeness (QED) is 0.391. The molecule has 2 N–H and O–H groups in total. The minimum absolute atomic E-state index is 0.101. The predicted octanol–water partition coefficient (Wildman–Crippen LogP) is 3.25. The van der Waals surface area contributed by atoms with Crippen molar-refractivity contribution in [1.29, 1.82) is 0 Å². The molecular weight excluding hydrogens is 372 g/mol. The third kappa shape index (κ3) is 4.81. The van der Waals surface area contributed by atoms with Gasteiger partial charge in [0.1, 0.15) is 11.3 Å². The van der Waals surface area contributed by atoms with Gasteiger partial charge in [-0.15, -0.1) is 0 Å². The van der Waals surface area contributed by atoms with Gasteiger partial charge in [0.15, 0.2) is 5.78 Å². The van der Waals surface area contributed by atoms with Crippen LogP contribution >= 0.6 is 0 Å². The van der Waals surface area contributed by atoms with Crippen LogP contribution in [0.5, 0.6) is 5.75 Å². The predicted molar refractivity (Wildman–Crippen MR) is 99.9 cm³/mol. The molecule has 27 heavy (non-hydrogen) atoms. The second kappa shape index (κ2) is 7.73. The van der Waals surface area contributed by atoms with Crippen LogP contribution in [-0.2, 0) is 10.1 Å². The number of ketones is 1. The number of phenolic OH excluding ortho intramolecular Hbond substituents is 1. The van der Waals surface area contributed by atoms with Crippen LogP contribution in [0.1, 0.15) is 28.4 Å². The maximum absolute atomic E-state index is 11.3. The number of benzene rings is 2. The highest BCUT2D eigenvalue weighted by atomic mass is 32.2. The van der Waals surface area contributed by atoms with E-state index < -0.39 is 10.1 Å². The molecule has 8 heteroatoms. The number of rotatable bonds is 2. The van der Waals surface area contributed by atoms with Crippen LogP contribution in [0.2, 0.25) is 0 Å². The van der Waals surface area contributed by atoms with Gasteiger partial charge in [0.05, 0.1) is 4.90 Å². The summed E-state index contributed by atoms with van der Waals surface area (Å²) < 4.78 is 34.8. The molecule has 0 saturated carbocycles. The van der Waals surface area contributed by atoms with Gasteiger partial charge >= 0.3 is 5.63 Å². The molecule has 142 valence electrons. The minimum atomic E-state index is -4.16. The third-order valence-electron chi connectivity index (χ3n) is 4.00. The maximum Gasteiger partial charge on any atom is 0.339 e. The Morgan fingerprint density at radius 2 is 1.59 bits per heavy atom. The summed E-state index contributed by atoms with van der Waals surface area (Å²) in [6, 6.07) is 9.85. The Balaban J connectivity index is 0.000000194. The fourth-order valence-corrected chi connectivity index (χ4v) is 2.78. The van der Waals surface area contributed by atoms with Crippen molar-refractivity contribution in [3.05, 3.63) is 69.6 Å². The highest BCUT2D eigenvalue weighted by molar-refractivity contribution is 7.85. The molecule has 0 atom stereocenters. The summed E-state index contributed by atoms with van der Waals surface area (Å²) in [5.41, 5.74) is 2.01. The van der Waals surface area contributed by atoms with Crippen LogP contribution < -0.4 is 5.63 Å². The molecule has 0 radical (unpaired) electrons. The standard InChI is InChI=1S/C11H10O3.C8H8O4S/c1-6-7(2)11(13)14-10-5-8(12)3-4-9(6)10;1-6(9)7-2-4-8(5-3-7)13(10,11)12/h3-5,12H,1-2H3;2-5H,1H3,(H,10,11,12). The number of phenols is 1. The van der Waals surface area contributed by atoms with Gasteiger partial charge < -0.3 is 9.52 Å². The summed E-state index contributed by atoms with van der Waals surface area (Å²) in [5.74, 6) is -0.0502. The van der Waals surface area contributed by atoms with E-state index >= 15 is 0 Å². The summed E-state index contributed by atoms with van der Waals surface area (Å²) in [4.78, 5) is 21.9. The monoisotopic (exact) mass is 390 g/mol. The average Bonchev–Trinajstić information content (AvgIpc) is 2.59. The molecule has 1 heterocycles. The lowest BCUT2D eigenvalue weighted by atomic mass is 10.1. The molecule has 7 nitrogen and oxygen atoms in total. The molecular formula is C19H18O7S. The second-order valence-corrected chi connectivity index (χ2v) is 7.30. The van der Waals surface area contributed by atoms with Crippen LogP contribution in [0.15, 0.2) is 56.6 Å². The van der Waals surface area contributed by atoms with Crippen molar-refractivity contribution in [2.24, 2.45) is 0 Å². The first-order valence-electron chi connectivity index (χ1n) is 7.82. The Labute approximate surface area is 155 Å². The highest BCUT2D eigenvalue weighted by Gasteiger charge is 2.09. The second-order valence-electron chi connectivity index (χ2n) is 5.88. The fraction of sp³-hybridized carbons (Fsp3) is 0.158. The summed E-state index contributed by atoms with van der Waals surface area (Å²) in [5, 5.41) is 10.1. The molecule has 1 aromatic heterocycles. The van der Waals surface area contributed by atoms with Gasteiger partial charge in [0.25, 0.3) is 10.1 Å². The van der Waals surface area contributed by atoms with Gasteiger partial charge in [-0.25, -0.2) is 4.79 Å². The van der Waals surface area contributed by atoms with E-state index in [4.69, 9.17) is 8.97 Å². The molecule has 3 rings (SSSR count). The normalized spacial score (nSPS) is 11.0. The van der Waals surface area contributed by atoms with Crippen LogP contribution in [0.25, 0.3) is 11.0 Å². The number of hydrogen-bond acceptors (Lipinski definition) is 6. The molecule has 0 aliphatic rings. The lowest BCUT2D eigenvalue weighted by molar-refractivity contribution is 0.101. The van der Waals surface area contributed by atoms with E-state index in [9.17, 15) is 23.1 Å². The maximum atomic E-state index is 11.3. The molecule has 0 spiro atoms. The highest BCUT2D eigenvalue weighted by Crippen LogP contribution is 2.22. The van der Waals surface area contributed by atoms with Crippen molar-refractivity contribution in [3.63, 3.8) is 0 Å². The number of aryl methyl sites for hydroxylation is 1. The zero-order valence-electron chi connectivity index (χ0n) is 14.9. The van der Waals surface area contributed by atoms with Crippen LogP contribution in [-0.4, -0.2) is 23.9 Å². The first kappa shape index (κ1) is 20.3. The van der Waals surface area contributed by atoms with E-state index in [0.29, 0.717) is 16.7 Å². The Bertz CT molecular complexity index is 1160. The number of carbonyl (C=O) groups is 1. The molecule has 0 amide bonds. The van der Waals surface area contributed by atoms with Crippen LogP contribution in [0, 0.1) is 13.8 Å². The van der Waals surface area contributed by atoms with Crippen LogP contribution in [0.4, 0.5) is 0 Å². The average molecular weight is 390 g/mol. The number of fused-ring (bicyclic) bond motifs is 1. The smallest absolute Gasteiger partial charge is 0.339 e. The van der Waals surface area contributed by atoms with Crippen LogP contribution in [0.3, 0.4) is 0 Å². The van der Waals surface area contributed by atoms with E-state index in [1.54, 1.807) is 19.1 Å². The van der Waals surface area contributed by atoms with Gasteiger partial charge in [-0.2, -0.15) is 8.42 Å². The SMILES string of the molecule is CC(=O)c1ccc(S(=O)(=O)O)cc1.Cc1c(C)c2ccc(O)cc2oc1=O. The number of carbonyl (C=O) groups excluding carboxylic acids is 1. The van der Waals surface area contributed by atoms with Gasteiger partial charge in [0.2, 0.25) is 0 Å². The van der Waals surface area contributed by atoms with Crippen molar-refractivity contribution < 1.29 is 27.3 Å². The lowest BCUT2D eigenvalue weighted by Crippen LogP contribution is -2.05. The lowest BCUT2D eigenvalue weighted by Gasteiger charge is -2.03. The van der Waals surface area contributed by atoms with Crippen molar-refractivity contribution in [3.8, 4) is 5.75 Å². The largest absolute Gasteiger partial charge is 0.508 e. The van der Waals surface area contributed by atoms with Gasteiger partial charge in [0, 0.05) is 22.6 Å². The first-order chi connectivity index (χ1) is 12.5. The summed E-state index contributed by atoms with van der Waals surface area (Å²) in [7, 11) is -4.16. The van der Waals surface area contributed by atoms with E-state index in [2.05, 4.69) is 0 Å². The molecule has 3 aromatic rings. The third-order valence-corrected chi connectivity index (χ3v) is 4.87. The number of Topliss-reactive ketones (excluding diaryl/α,β-unsaturated/α-hetero) is 1. The van der Waals surface area contributed by atoms with E-state index in [-0.39, 0.29) is 22.1 Å². The van der Waals surface area contributed by atoms with Crippen molar-refractivity contribution in [2.45, 2.75) is 25.7 Å². The zero-order valence-corrected chi connectivity index (χ0v) is 15.7. The summed E-state index contributed by atoms with van der Waals surface area (Å²) in [6.07, 6.45) is 0. The topological polar surface area (TPSA) is 122 Å². The van der Waals surface area contributed by atoms with E-state index in [1.165, 1.54) is 37.3 Å². The number of hydrogen-bond donors (Lipinski definition) is 2. The Morgan fingerprint density at radius 1 is 1.00 bits per heavy atom. The van der Waals surface area contributed by atoms with Gasteiger partial charge in [-0.05, 0) is 50.6 Å². The molecule has 0 aliphatic heterocycles. The van der Waals surface area contributed by atoms with Gasteiger partial charge in [-0.3, -0.25) is 9.35 Å². The first-order valence-corrected chi connectivity index (χ1v) is 9.26. The van der Waals surface area contributed by atoms with Gasteiger partial charge in [-0.1, -0.05) is 12.1 Å². The summed E-state index contributed by atoms with van der Waals surface area (Å²) >= 11 is 0. The van der Waals surface area contributed by atoms with E-state index in [1.807, 2.05) is 6.92 Å².